The van der Waals surface area contributed by atoms with Gasteiger partial charge in [0.25, 0.3) is 0 Å². The quantitative estimate of drug-likeness (QED) is 0.265. The first kappa shape index (κ1) is 26.5. The highest BCUT2D eigenvalue weighted by molar-refractivity contribution is 5.85. The second kappa shape index (κ2) is 14.4. The van der Waals surface area contributed by atoms with Gasteiger partial charge in [0.2, 0.25) is 0 Å². The number of nitrogens with one attached hydrogen (secondary N) is 1. The van der Waals surface area contributed by atoms with Gasteiger partial charge in [-0.1, -0.05) is 37.3 Å². The summed E-state index contributed by atoms with van der Waals surface area (Å²) in [6.45, 7) is 4.05. The molecule has 2 aromatic rings. The number of esters is 1. The molecule has 182 valence electrons. The molecular formula is C26H31NO7. The standard InChI is InChI=1S/C26H31NO7/c1-4-32-24(29)8-6-5-7-19(2)25(20-9-13-23(14-10-20)33-18-17-28)34-26(30)27-21-11-15-22(31-3)16-12-21/h5-16,19,25,28H,4,17-18H2,1-3H3,(H,27,30)/b7-5+,8-6+/t19-,25+/m1/s1. The molecular weight excluding hydrogens is 438 g/mol. The largest absolute Gasteiger partial charge is 0.497 e. The molecule has 0 aromatic heterocycles. The van der Waals surface area contributed by atoms with Crippen LogP contribution in [0.25, 0.3) is 0 Å². The SMILES string of the molecule is CCOC(=O)/C=C/C=C/[C@@H](C)[C@H](OC(=O)Nc1ccc(OC)cc1)c1ccc(OCCO)cc1. The van der Waals surface area contributed by atoms with Crippen LogP contribution in [0.3, 0.4) is 0 Å². The number of aliphatic hydroxyl groups is 1. The van der Waals surface area contributed by atoms with E-state index in [0.717, 1.165) is 5.56 Å². The van der Waals surface area contributed by atoms with E-state index >= 15 is 0 Å². The molecule has 2 aromatic carbocycles. The minimum atomic E-state index is -0.614. The Labute approximate surface area is 199 Å². The zero-order chi connectivity index (χ0) is 24.8. The van der Waals surface area contributed by atoms with Gasteiger partial charge in [-0.2, -0.15) is 0 Å². The maximum atomic E-state index is 12.6. The van der Waals surface area contributed by atoms with Gasteiger partial charge in [-0.3, -0.25) is 5.32 Å². The fraction of sp³-hybridized carbons (Fsp3) is 0.308. The third-order valence-electron chi connectivity index (χ3n) is 4.66. The number of rotatable bonds is 12. The van der Waals surface area contributed by atoms with Gasteiger partial charge in [-0.25, -0.2) is 9.59 Å². The molecule has 0 aliphatic rings. The van der Waals surface area contributed by atoms with Crippen molar-refractivity contribution >= 4 is 17.7 Å². The summed E-state index contributed by atoms with van der Waals surface area (Å²) in [6, 6.07) is 14.0. The van der Waals surface area contributed by atoms with Gasteiger partial charge in [0.1, 0.15) is 24.2 Å². The number of aliphatic hydroxyl groups excluding tert-OH is 1. The summed E-state index contributed by atoms with van der Waals surface area (Å²) in [5.74, 6) is 0.623. The Morgan fingerprint density at radius 1 is 1.03 bits per heavy atom. The van der Waals surface area contributed by atoms with E-state index in [1.807, 2.05) is 13.0 Å². The summed E-state index contributed by atoms with van der Waals surface area (Å²) in [4.78, 5) is 24.1. The van der Waals surface area contributed by atoms with Crippen LogP contribution in [0.1, 0.15) is 25.5 Å². The van der Waals surface area contributed by atoms with E-state index < -0.39 is 18.2 Å². The molecule has 0 saturated heterocycles. The monoisotopic (exact) mass is 469 g/mol. The van der Waals surface area contributed by atoms with E-state index in [0.29, 0.717) is 23.8 Å². The highest BCUT2D eigenvalue weighted by atomic mass is 16.6. The second-order valence-electron chi connectivity index (χ2n) is 7.18. The molecule has 0 saturated carbocycles. The minimum Gasteiger partial charge on any atom is -0.497 e. The summed E-state index contributed by atoms with van der Waals surface area (Å²) < 4.78 is 21.2. The Hall–Kier alpha value is -3.78. The van der Waals surface area contributed by atoms with Crippen molar-refractivity contribution in [2.75, 3.05) is 32.2 Å². The molecule has 0 fully saturated rings. The number of benzene rings is 2. The zero-order valence-corrected chi connectivity index (χ0v) is 19.6. The van der Waals surface area contributed by atoms with Crippen molar-refractivity contribution in [3.05, 3.63) is 78.4 Å². The van der Waals surface area contributed by atoms with E-state index in [-0.39, 0.29) is 19.1 Å². The molecule has 0 radical (unpaired) electrons. The number of anilines is 1. The first-order chi connectivity index (χ1) is 16.5. The van der Waals surface area contributed by atoms with Crippen LogP contribution in [0.5, 0.6) is 11.5 Å². The smallest absolute Gasteiger partial charge is 0.412 e. The average molecular weight is 470 g/mol. The van der Waals surface area contributed by atoms with Crippen molar-refractivity contribution < 1.29 is 33.6 Å². The topological polar surface area (TPSA) is 103 Å². The fourth-order valence-corrected chi connectivity index (χ4v) is 3.00. The first-order valence-corrected chi connectivity index (χ1v) is 10.9. The van der Waals surface area contributed by atoms with Crippen molar-refractivity contribution in [2.45, 2.75) is 20.0 Å². The molecule has 0 unspecified atom stereocenters. The van der Waals surface area contributed by atoms with Crippen LogP contribution in [-0.2, 0) is 14.3 Å². The minimum absolute atomic E-state index is 0.0832. The molecule has 1 amide bonds. The van der Waals surface area contributed by atoms with E-state index in [1.165, 1.54) is 6.08 Å². The van der Waals surface area contributed by atoms with Crippen LogP contribution < -0.4 is 14.8 Å². The maximum absolute atomic E-state index is 12.6. The summed E-state index contributed by atoms with van der Waals surface area (Å²) in [6.07, 6.45) is 5.21. The average Bonchev–Trinajstić information content (AvgIpc) is 2.85. The third-order valence-corrected chi connectivity index (χ3v) is 4.66. The van der Waals surface area contributed by atoms with Gasteiger partial charge in [0.05, 0.1) is 20.3 Å². The van der Waals surface area contributed by atoms with Crippen LogP contribution in [0, 0.1) is 5.92 Å². The lowest BCUT2D eigenvalue weighted by atomic mass is 9.96. The van der Waals surface area contributed by atoms with E-state index in [4.69, 9.17) is 24.1 Å². The Bertz CT molecular complexity index is 952. The van der Waals surface area contributed by atoms with Crippen molar-refractivity contribution in [1.29, 1.82) is 0 Å². The summed E-state index contributed by atoms with van der Waals surface area (Å²) >= 11 is 0. The molecule has 0 spiro atoms. The van der Waals surface area contributed by atoms with Crippen LogP contribution in [0.2, 0.25) is 0 Å². The van der Waals surface area contributed by atoms with E-state index in [9.17, 15) is 9.59 Å². The van der Waals surface area contributed by atoms with Crippen molar-refractivity contribution in [3.63, 3.8) is 0 Å². The molecule has 34 heavy (non-hydrogen) atoms. The molecule has 2 atom stereocenters. The number of hydrogen-bond donors (Lipinski definition) is 2. The number of carbonyl (C=O) groups is 2. The van der Waals surface area contributed by atoms with Gasteiger partial charge in [-0.05, 0) is 48.9 Å². The third kappa shape index (κ3) is 8.99. The Balaban J connectivity index is 2.14. The van der Waals surface area contributed by atoms with Gasteiger partial charge in [-0.15, -0.1) is 0 Å². The zero-order valence-electron chi connectivity index (χ0n) is 19.6. The van der Waals surface area contributed by atoms with Crippen molar-refractivity contribution in [1.82, 2.24) is 0 Å². The van der Waals surface area contributed by atoms with Crippen LogP contribution in [0.15, 0.2) is 72.8 Å². The van der Waals surface area contributed by atoms with Crippen LogP contribution in [0.4, 0.5) is 10.5 Å². The lowest BCUT2D eigenvalue weighted by molar-refractivity contribution is -0.137. The Kier molecular flexibility index (Phi) is 11.2. The molecule has 0 aliphatic heterocycles. The predicted octanol–water partition coefficient (Wildman–Crippen LogP) is 4.67. The number of amides is 1. The van der Waals surface area contributed by atoms with Crippen molar-refractivity contribution in [3.8, 4) is 11.5 Å². The molecule has 2 rings (SSSR count). The highest BCUT2D eigenvalue weighted by Gasteiger charge is 2.22. The summed E-state index contributed by atoms with van der Waals surface area (Å²) in [5, 5.41) is 11.6. The van der Waals surface area contributed by atoms with Gasteiger partial charge >= 0.3 is 12.1 Å². The predicted molar refractivity (Wildman–Crippen MR) is 129 cm³/mol. The fourth-order valence-electron chi connectivity index (χ4n) is 3.00. The summed E-state index contributed by atoms with van der Waals surface area (Å²) in [7, 11) is 1.57. The number of carbonyl (C=O) groups excluding carboxylic acids is 2. The van der Waals surface area contributed by atoms with Crippen LogP contribution in [-0.4, -0.2) is 44.1 Å². The Morgan fingerprint density at radius 2 is 1.71 bits per heavy atom. The molecule has 0 bridgehead atoms. The van der Waals surface area contributed by atoms with Gasteiger partial charge in [0.15, 0.2) is 0 Å². The molecule has 2 N–H and O–H groups in total. The molecule has 8 heteroatoms. The lowest BCUT2D eigenvalue weighted by Crippen LogP contribution is -2.21. The van der Waals surface area contributed by atoms with Crippen LogP contribution >= 0.6 is 0 Å². The number of hydrogen-bond acceptors (Lipinski definition) is 7. The van der Waals surface area contributed by atoms with E-state index in [2.05, 4.69) is 5.32 Å². The molecule has 0 aliphatic carbocycles. The van der Waals surface area contributed by atoms with Gasteiger partial charge in [0, 0.05) is 17.7 Å². The van der Waals surface area contributed by atoms with Gasteiger partial charge < -0.3 is 24.1 Å². The first-order valence-electron chi connectivity index (χ1n) is 10.9. The normalized spacial score (nSPS) is 12.8. The highest BCUT2D eigenvalue weighted by Crippen LogP contribution is 2.29. The van der Waals surface area contributed by atoms with Crippen molar-refractivity contribution in [2.24, 2.45) is 5.92 Å². The molecule has 0 heterocycles. The lowest BCUT2D eigenvalue weighted by Gasteiger charge is -2.23. The number of allylic oxidation sites excluding steroid dienone is 2. The maximum Gasteiger partial charge on any atom is 0.412 e. The summed E-state index contributed by atoms with van der Waals surface area (Å²) in [5.41, 5.74) is 1.32. The number of methoxy groups -OCH3 is 1. The molecule has 8 nitrogen and oxygen atoms in total. The second-order valence-corrected chi connectivity index (χ2v) is 7.18. The Morgan fingerprint density at radius 3 is 2.32 bits per heavy atom. The number of ether oxygens (including phenoxy) is 4. The van der Waals surface area contributed by atoms with E-state index in [1.54, 1.807) is 74.7 Å².